The molecule has 0 aromatic heterocycles. The first-order chi connectivity index (χ1) is 15.3. The van der Waals surface area contributed by atoms with Gasteiger partial charge in [0.1, 0.15) is 11.6 Å². The van der Waals surface area contributed by atoms with Crippen LogP contribution in [0.5, 0.6) is 0 Å². The molecule has 1 N–H and O–H groups in total. The van der Waals surface area contributed by atoms with Crippen LogP contribution in [-0.2, 0) is 4.79 Å². The van der Waals surface area contributed by atoms with Gasteiger partial charge in [0, 0.05) is 5.69 Å². The Hall–Kier alpha value is -3.05. The fourth-order valence-corrected chi connectivity index (χ4v) is 4.37. The largest absolute Gasteiger partial charge is 0.388 e. The molecule has 0 radical (unpaired) electrons. The molecule has 1 saturated heterocycles. The van der Waals surface area contributed by atoms with E-state index in [1.165, 1.54) is 29.8 Å². The summed E-state index contributed by atoms with van der Waals surface area (Å²) in [5.74, 6) is -0.628. The minimum atomic E-state index is -0.771. The van der Waals surface area contributed by atoms with Gasteiger partial charge in [-0.15, -0.1) is 0 Å². The molecule has 0 bridgehead atoms. The minimum absolute atomic E-state index is 0.0409. The lowest BCUT2D eigenvalue weighted by molar-refractivity contribution is -0.131. The van der Waals surface area contributed by atoms with Gasteiger partial charge in [-0.05, 0) is 71.8 Å². The van der Waals surface area contributed by atoms with Crippen molar-refractivity contribution in [2.75, 3.05) is 4.90 Å². The third-order valence-corrected chi connectivity index (χ3v) is 6.27. The molecule has 1 aliphatic rings. The highest BCUT2D eigenvalue weighted by molar-refractivity contribution is 6.03. The first-order valence-electron chi connectivity index (χ1n) is 11.0. The molecule has 3 aromatic carbocycles. The molecule has 1 heterocycles. The third-order valence-electron chi connectivity index (χ3n) is 6.27. The van der Waals surface area contributed by atoms with Gasteiger partial charge in [0.05, 0.1) is 18.1 Å². The molecule has 166 valence electrons. The van der Waals surface area contributed by atoms with E-state index in [9.17, 15) is 18.7 Å². The molecule has 1 aliphatic heterocycles. The molecule has 0 aliphatic carbocycles. The van der Waals surface area contributed by atoms with Gasteiger partial charge >= 0.3 is 0 Å². The molecule has 3 aromatic rings. The number of hydrogen-bond acceptors (Lipinski definition) is 2. The third kappa shape index (κ3) is 4.44. The molecule has 3 atom stereocenters. The van der Waals surface area contributed by atoms with Crippen LogP contribution in [-0.4, -0.2) is 11.0 Å². The normalized spacial score (nSPS) is 19.2. The molecule has 32 heavy (non-hydrogen) atoms. The number of carbonyl (C=O) groups is 1. The Kier molecular flexibility index (Phi) is 6.38. The van der Waals surface area contributed by atoms with Crippen molar-refractivity contribution in [1.82, 2.24) is 0 Å². The van der Waals surface area contributed by atoms with Crippen molar-refractivity contribution in [3.05, 3.63) is 101 Å². The zero-order chi connectivity index (χ0) is 22.8. The maximum Gasteiger partial charge on any atom is 0.233 e. The number of nitrogens with zero attached hydrogens (tertiary/aromatic N) is 1. The molecular formula is C27H27F2NO2. The smallest absolute Gasteiger partial charge is 0.233 e. The fourth-order valence-electron chi connectivity index (χ4n) is 4.37. The number of aliphatic hydroxyl groups excluding tert-OH is 1. The molecule has 0 spiro atoms. The van der Waals surface area contributed by atoms with E-state index < -0.39 is 6.10 Å². The Labute approximate surface area is 187 Å². The maximum absolute atomic E-state index is 13.4. The molecule has 0 unspecified atom stereocenters. The van der Waals surface area contributed by atoms with Gasteiger partial charge in [-0.1, -0.05) is 50.2 Å². The average Bonchev–Trinajstić information content (AvgIpc) is 2.79. The predicted molar refractivity (Wildman–Crippen MR) is 121 cm³/mol. The molecular weight excluding hydrogens is 408 g/mol. The van der Waals surface area contributed by atoms with E-state index in [1.807, 2.05) is 12.1 Å². The maximum atomic E-state index is 13.4. The number of β-lactam (4-membered cyclic amide) rings is 1. The summed E-state index contributed by atoms with van der Waals surface area (Å²) < 4.78 is 26.6. The van der Waals surface area contributed by atoms with Crippen LogP contribution in [0.25, 0.3) is 0 Å². The SMILES string of the molecule is CC(C)c1ccc([C@@H]2[C@@H](CC[C@H](O)c3ccc(F)cc3)C(=O)N2c2ccc(F)cc2)cc1. The van der Waals surface area contributed by atoms with Crippen molar-refractivity contribution < 1.29 is 18.7 Å². The average molecular weight is 436 g/mol. The van der Waals surface area contributed by atoms with Gasteiger partial charge in [0.15, 0.2) is 0 Å². The summed E-state index contributed by atoms with van der Waals surface area (Å²) in [6, 6.07) is 19.8. The van der Waals surface area contributed by atoms with Crippen molar-refractivity contribution in [2.24, 2.45) is 5.92 Å². The fraction of sp³-hybridized carbons (Fsp3) is 0.296. The van der Waals surface area contributed by atoms with Gasteiger partial charge in [-0.25, -0.2) is 8.78 Å². The topological polar surface area (TPSA) is 40.5 Å². The zero-order valence-electron chi connectivity index (χ0n) is 18.2. The number of anilines is 1. The van der Waals surface area contributed by atoms with Crippen molar-refractivity contribution in [1.29, 1.82) is 0 Å². The van der Waals surface area contributed by atoms with Crippen LogP contribution in [0, 0.1) is 17.6 Å². The number of amides is 1. The highest BCUT2D eigenvalue weighted by atomic mass is 19.1. The van der Waals surface area contributed by atoms with Gasteiger partial charge in [0.25, 0.3) is 0 Å². The second-order valence-electron chi connectivity index (χ2n) is 8.70. The number of halogens is 2. The molecule has 5 heteroatoms. The summed E-state index contributed by atoms with van der Waals surface area (Å²) >= 11 is 0. The number of aliphatic hydroxyl groups is 1. The molecule has 0 saturated carbocycles. The lowest BCUT2D eigenvalue weighted by Crippen LogP contribution is -2.55. The van der Waals surface area contributed by atoms with Crippen molar-refractivity contribution in [2.45, 2.75) is 44.8 Å². The standard InChI is InChI=1S/C27H27F2NO2/c1-17(2)18-3-5-20(6-4-18)26-24(15-16-25(31)19-7-9-21(28)10-8-19)27(32)30(26)23-13-11-22(29)12-14-23/h3-14,17,24-26,31H,15-16H2,1-2H3/t24-,25+,26-/m1/s1. The van der Waals surface area contributed by atoms with Crippen LogP contribution in [0.4, 0.5) is 14.5 Å². The van der Waals surface area contributed by atoms with Crippen molar-refractivity contribution >= 4 is 11.6 Å². The van der Waals surface area contributed by atoms with E-state index in [0.717, 1.165) is 5.56 Å². The summed E-state index contributed by atoms with van der Waals surface area (Å²) in [5.41, 5.74) is 3.52. The summed E-state index contributed by atoms with van der Waals surface area (Å²) in [4.78, 5) is 14.8. The predicted octanol–water partition coefficient (Wildman–Crippen LogP) is 6.31. The molecule has 1 fully saturated rings. The number of hydrogen-bond donors (Lipinski definition) is 1. The van der Waals surface area contributed by atoms with E-state index >= 15 is 0 Å². The van der Waals surface area contributed by atoms with Crippen LogP contribution >= 0.6 is 0 Å². The zero-order valence-corrected chi connectivity index (χ0v) is 18.2. The monoisotopic (exact) mass is 435 g/mol. The molecule has 4 rings (SSSR count). The van der Waals surface area contributed by atoms with Gasteiger partial charge in [0.2, 0.25) is 5.91 Å². The Morgan fingerprint density at radius 3 is 1.94 bits per heavy atom. The van der Waals surface area contributed by atoms with Gasteiger partial charge in [-0.3, -0.25) is 4.79 Å². The van der Waals surface area contributed by atoms with Crippen LogP contribution in [0.1, 0.15) is 61.4 Å². The highest BCUT2D eigenvalue weighted by Crippen LogP contribution is 2.46. The van der Waals surface area contributed by atoms with Gasteiger partial charge < -0.3 is 10.0 Å². The lowest BCUT2D eigenvalue weighted by atomic mass is 9.78. The summed E-state index contributed by atoms with van der Waals surface area (Å²) in [7, 11) is 0. The first-order valence-corrected chi connectivity index (χ1v) is 11.0. The van der Waals surface area contributed by atoms with E-state index in [-0.39, 0.29) is 29.5 Å². The number of rotatable bonds is 7. The highest BCUT2D eigenvalue weighted by Gasteiger charge is 2.48. The number of carbonyl (C=O) groups excluding carboxylic acids is 1. The van der Waals surface area contributed by atoms with Crippen LogP contribution < -0.4 is 4.90 Å². The second-order valence-corrected chi connectivity index (χ2v) is 8.70. The molecule has 3 nitrogen and oxygen atoms in total. The molecule has 1 amide bonds. The second kappa shape index (κ2) is 9.21. The van der Waals surface area contributed by atoms with E-state index in [1.54, 1.807) is 29.2 Å². The van der Waals surface area contributed by atoms with E-state index in [4.69, 9.17) is 0 Å². The van der Waals surface area contributed by atoms with Crippen LogP contribution in [0.15, 0.2) is 72.8 Å². The summed E-state index contributed by atoms with van der Waals surface area (Å²) in [6.45, 7) is 4.26. The lowest BCUT2D eigenvalue weighted by Gasteiger charge is -2.48. The Morgan fingerprint density at radius 1 is 0.844 bits per heavy atom. The number of benzene rings is 3. The Bertz CT molecular complexity index is 1060. The first kappa shape index (κ1) is 22.2. The Morgan fingerprint density at radius 2 is 1.38 bits per heavy atom. The van der Waals surface area contributed by atoms with Gasteiger partial charge in [-0.2, -0.15) is 0 Å². The minimum Gasteiger partial charge on any atom is -0.388 e. The van der Waals surface area contributed by atoms with Crippen molar-refractivity contribution in [3.63, 3.8) is 0 Å². The summed E-state index contributed by atoms with van der Waals surface area (Å²) in [5, 5.41) is 10.5. The summed E-state index contributed by atoms with van der Waals surface area (Å²) in [6.07, 6.45) is 0.109. The van der Waals surface area contributed by atoms with E-state index in [2.05, 4.69) is 26.0 Å². The van der Waals surface area contributed by atoms with Crippen LogP contribution in [0.2, 0.25) is 0 Å². The van der Waals surface area contributed by atoms with Crippen molar-refractivity contribution in [3.8, 4) is 0 Å². The quantitative estimate of drug-likeness (QED) is 0.442. The Balaban J connectivity index is 1.56. The van der Waals surface area contributed by atoms with E-state index in [0.29, 0.717) is 30.0 Å². The van der Waals surface area contributed by atoms with Crippen LogP contribution in [0.3, 0.4) is 0 Å².